The van der Waals surface area contributed by atoms with E-state index in [0.717, 1.165) is 20.3 Å². The quantitative estimate of drug-likeness (QED) is 0.247. The number of hydrogen-bond donors (Lipinski definition) is 2. The van der Waals surface area contributed by atoms with Gasteiger partial charge in [-0.05, 0) is 48.5 Å². The Bertz CT molecular complexity index is 1040. The molecule has 0 aliphatic carbocycles. The van der Waals surface area contributed by atoms with Crippen molar-refractivity contribution in [3.63, 3.8) is 0 Å². The van der Waals surface area contributed by atoms with Crippen molar-refractivity contribution in [2.75, 3.05) is 5.43 Å². The first kappa shape index (κ1) is 19.2. The average molecular weight is 506 g/mol. The lowest BCUT2D eigenvalue weighted by Gasteiger charge is -2.00. The Morgan fingerprint density at radius 1 is 1.04 bits per heavy atom. The molecule has 0 saturated carbocycles. The third-order valence-electron chi connectivity index (χ3n) is 3.12. The summed E-state index contributed by atoms with van der Waals surface area (Å²) >= 11 is 7.71. The Labute approximate surface area is 175 Å². The summed E-state index contributed by atoms with van der Waals surface area (Å²) in [6.07, 6.45) is 0. The predicted octanol–water partition coefficient (Wildman–Crippen LogP) is 6.13. The van der Waals surface area contributed by atoms with Crippen LogP contribution in [0.4, 0.5) is 16.4 Å². The van der Waals surface area contributed by atoms with E-state index in [4.69, 9.17) is 0 Å². The van der Waals surface area contributed by atoms with Crippen molar-refractivity contribution in [2.45, 2.75) is 0 Å². The van der Waals surface area contributed by atoms with Gasteiger partial charge < -0.3 is 5.11 Å². The van der Waals surface area contributed by atoms with Gasteiger partial charge in [-0.15, -0.1) is 10.2 Å². The molecule has 1 heterocycles. The summed E-state index contributed by atoms with van der Waals surface area (Å²) in [4.78, 5) is 3.95. The fourth-order valence-corrected chi connectivity index (χ4v) is 3.10. The van der Waals surface area contributed by atoms with Crippen molar-refractivity contribution >= 4 is 65.3 Å². The molecule has 0 unspecified atom stereocenters. The van der Waals surface area contributed by atoms with Gasteiger partial charge in [0.15, 0.2) is 10.7 Å². The standard InChI is InChI=1S/C17H10Br2N6OS/c18-10-1-5-12(6-2-10)22-24-14(9-20)16-21-15(26)17(27-16)25-23-13-7-3-11(19)4-8-13/h1-8,22,26H/b24-14+,25-23?. The van der Waals surface area contributed by atoms with E-state index in [9.17, 15) is 10.4 Å². The third kappa shape index (κ3) is 5.19. The van der Waals surface area contributed by atoms with Gasteiger partial charge in [-0.1, -0.05) is 43.2 Å². The number of benzene rings is 2. The second kappa shape index (κ2) is 8.85. The highest BCUT2D eigenvalue weighted by atomic mass is 79.9. The molecular weight excluding hydrogens is 496 g/mol. The molecule has 27 heavy (non-hydrogen) atoms. The van der Waals surface area contributed by atoms with Gasteiger partial charge in [0.05, 0.1) is 11.4 Å². The van der Waals surface area contributed by atoms with Gasteiger partial charge in [0.2, 0.25) is 5.00 Å². The lowest BCUT2D eigenvalue weighted by molar-refractivity contribution is 0.458. The minimum Gasteiger partial charge on any atom is -0.491 e. The van der Waals surface area contributed by atoms with Crippen molar-refractivity contribution in [2.24, 2.45) is 15.3 Å². The number of rotatable bonds is 5. The van der Waals surface area contributed by atoms with Gasteiger partial charge in [-0.2, -0.15) is 15.3 Å². The molecule has 2 aromatic carbocycles. The number of aromatic hydroxyl groups is 1. The first-order valence-electron chi connectivity index (χ1n) is 7.42. The molecule has 0 atom stereocenters. The van der Waals surface area contributed by atoms with E-state index in [-0.39, 0.29) is 21.6 Å². The second-order valence-electron chi connectivity index (χ2n) is 5.02. The SMILES string of the molecule is N#C/C(=N\Nc1ccc(Br)cc1)c1nc(O)c(N=Nc2ccc(Br)cc2)s1. The monoisotopic (exact) mass is 504 g/mol. The van der Waals surface area contributed by atoms with Gasteiger partial charge in [-0.25, -0.2) is 0 Å². The zero-order chi connectivity index (χ0) is 19.2. The number of aromatic nitrogens is 1. The Hall–Kier alpha value is -2.61. The van der Waals surface area contributed by atoms with Crippen molar-refractivity contribution in [1.29, 1.82) is 5.26 Å². The number of nitriles is 1. The zero-order valence-corrected chi connectivity index (χ0v) is 17.5. The molecule has 134 valence electrons. The molecule has 0 bridgehead atoms. The van der Waals surface area contributed by atoms with E-state index < -0.39 is 0 Å². The average Bonchev–Trinajstić information content (AvgIpc) is 3.04. The van der Waals surface area contributed by atoms with Crippen LogP contribution in [-0.2, 0) is 0 Å². The molecule has 10 heteroatoms. The maximum absolute atomic E-state index is 9.96. The van der Waals surface area contributed by atoms with Crippen LogP contribution in [0.2, 0.25) is 0 Å². The fourth-order valence-electron chi connectivity index (χ4n) is 1.85. The molecule has 0 spiro atoms. The second-order valence-corrected chi connectivity index (χ2v) is 7.82. The molecule has 0 amide bonds. The summed E-state index contributed by atoms with van der Waals surface area (Å²) in [5.41, 5.74) is 4.15. The first-order valence-corrected chi connectivity index (χ1v) is 9.82. The van der Waals surface area contributed by atoms with Crippen LogP contribution in [0, 0.1) is 11.3 Å². The van der Waals surface area contributed by atoms with Crippen molar-refractivity contribution < 1.29 is 5.11 Å². The minimum absolute atomic E-state index is 0.0308. The van der Waals surface area contributed by atoms with E-state index in [1.165, 1.54) is 0 Å². The number of hydrazone groups is 1. The Balaban J connectivity index is 1.78. The highest BCUT2D eigenvalue weighted by Crippen LogP contribution is 2.34. The number of nitrogens with one attached hydrogen (secondary N) is 1. The van der Waals surface area contributed by atoms with Crippen molar-refractivity contribution in [3.8, 4) is 11.9 Å². The van der Waals surface area contributed by atoms with Gasteiger partial charge in [-0.3, -0.25) is 5.43 Å². The molecule has 3 rings (SSSR count). The normalized spacial score (nSPS) is 11.5. The van der Waals surface area contributed by atoms with Crippen LogP contribution in [0.5, 0.6) is 5.88 Å². The number of azo groups is 1. The van der Waals surface area contributed by atoms with E-state index in [1.807, 2.05) is 30.3 Å². The fraction of sp³-hybridized carbons (Fsp3) is 0. The molecule has 0 aliphatic rings. The topological polar surface area (TPSA) is 106 Å². The number of anilines is 1. The molecule has 0 saturated heterocycles. The molecule has 0 fully saturated rings. The minimum atomic E-state index is -0.303. The molecule has 0 aliphatic heterocycles. The summed E-state index contributed by atoms with van der Waals surface area (Å²) < 4.78 is 1.86. The smallest absolute Gasteiger partial charge is 0.251 e. The van der Waals surface area contributed by atoms with Gasteiger partial charge >= 0.3 is 0 Å². The Kier molecular flexibility index (Phi) is 6.28. The molecule has 7 nitrogen and oxygen atoms in total. The van der Waals surface area contributed by atoms with E-state index >= 15 is 0 Å². The zero-order valence-electron chi connectivity index (χ0n) is 13.5. The van der Waals surface area contributed by atoms with Crippen LogP contribution in [0.15, 0.2) is 72.8 Å². The van der Waals surface area contributed by atoms with E-state index in [1.54, 1.807) is 24.3 Å². The lowest BCUT2D eigenvalue weighted by atomic mass is 10.3. The van der Waals surface area contributed by atoms with Gasteiger partial charge in [0.25, 0.3) is 5.88 Å². The van der Waals surface area contributed by atoms with E-state index in [0.29, 0.717) is 11.4 Å². The number of halogens is 2. The highest BCUT2D eigenvalue weighted by Gasteiger charge is 2.15. The number of hydrogen-bond acceptors (Lipinski definition) is 8. The lowest BCUT2D eigenvalue weighted by Crippen LogP contribution is -2.01. The molecule has 3 aromatic rings. The summed E-state index contributed by atoms with van der Waals surface area (Å²) in [6, 6.07) is 16.5. The molecule has 1 aromatic heterocycles. The summed E-state index contributed by atoms with van der Waals surface area (Å²) in [5.74, 6) is -0.303. The summed E-state index contributed by atoms with van der Waals surface area (Å²) in [6.45, 7) is 0. The molecular formula is C17H10Br2N6OS. The maximum Gasteiger partial charge on any atom is 0.251 e. The van der Waals surface area contributed by atoms with Gasteiger partial charge in [0, 0.05) is 8.95 Å². The van der Waals surface area contributed by atoms with Crippen LogP contribution in [0.3, 0.4) is 0 Å². The number of thiazole rings is 1. The van der Waals surface area contributed by atoms with Crippen molar-refractivity contribution in [1.82, 2.24) is 4.98 Å². The van der Waals surface area contributed by atoms with Crippen LogP contribution < -0.4 is 5.43 Å². The molecule has 0 radical (unpaired) electrons. The van der Waals surface area contributed by atoms with Crippen LogP contribution in [0.25, 0.3) is 0 Å². The first-order chi connectivity index (χ1) is 13.0. The third-order valence-corrected chi connectivity index (χ3v) is 5.12. The molecule has 2 N–H and O–H groups in total. The summed E-state index contributed by atoms with van der Waals surface area (Å²) in [5, 5.41) is 31.8. The van der Waals surface area contributed by atoms with Gasteiger partial charge in [0.1, 0.15) is 6.07 Å². The maximum atomic E-state index is 9.96. The van der Waals surface area contributed by atoms with Crippen LogP contribution in [0.1, 0.15) is 5.01 Å². The van der Waals surface area contributed by atoms with Crippen molar-refractivity contribution in [3.05, 3.63) is 62.5 Å². The Morgan fingerprint density at radius 2 is 1.67 bits per heavy atom. The summed E-state index contributed by atoms with van der Waals surface area (Å²) in [7, 11) is 0. The van der Waals surface area contributed by atoms with Crippen LogP contribution >= 0.6 is 43.2 Å². The Morgan fingerprint density at radius 3 is 2.30 bits per heavy atom. The number of nitrogens with zero attached hydrogens (tertiary/aromatic N) is 5. The van der Waals surface area contributed by atoms with Crippen LogP contribution in [-0.4, -0.2) is 15.8 Å². The highest BCUT2D eigenvalue weighted by molar-refractivity contribution is 9.10. The predicted molar refractivity (Wildman–Crippen MR) is 112 cm³/mol. The van der Waals surface area contributed by atoms with E-state index in [2.05, 4.69) is 57.6 Å². The largest absolute Gasteiger partial charge is 0.491 e.